The summed E-state index contributed by atoms with van der Waals surface area (Å²) < 4.78 is 14.4. The second-order valence-electron chi connectivity index (χ2n) is 5.62. The predicted octanol–water partition coefficient (Wildman–Crippen LogP) is 1.86. The number of hydrogen-bond donors (Lipinski definition) is 1. The van der Waals surface area contributed by atoms with Crippen molar-refractivity contribution in [1.29, 1.82) is 0 Å². The lowest BCUT2D eigenvalue weighted by Crippen LogP contribution is -2.40. The van der Waals surface area contributed by atoms with Crippen LogP contribution >= 0.6 is 11.6 Å². The molecule has 0 saturated heterocycles. The lowest BCUT2D eigenvalue weighted by Gasteiger charge is -2.25. The van der Waals surface area contributed by atoms with E-state index in [4.69, 9.17) is 11.6 Å². The molecule has 1 unspecified atom stereocenters. The summed E-state index contributed by atoms with van der Waals surface area (Å²) in [5.74, 6) is -0.833. The number of carbonyl (C=O) groups excluding carboxylic acids is 1. The van der Waals surface area contributed by atoms with E-state index in [1.165, 1.54) is 16.8 Å². The fourth-order valence-corrected chi connectivity index (χ4v) is 3.00. The molecular formula is C16H15ClFN3O2. The van der Waals surface area contributed by atoms with Gasteiger partial charge in [-0.2, -0.15) is 5.10 Å². The summed E-state index contributed by atoms with van der Waals surface area (Å²) >= 11 is 5.91. The van der Waals surface area contributed by atoms with E-state index >= 15 is 0 Å². The van der Waals surface area contributed by atoms with Gasteiger partial charge in [0.05, 0.1) is 16.3 Å². The molecule has 2 aromatic rings. The topological polar surface area (TPSA) is 64.0 Å². The zero-order valence-corrected chi connectivity index (χ0v) is 13.2. The molecule has 0 bridgehead atoms. The molecule has 0 fully saturated rings. The summed E-state index contributed by atoms with van der Waals surface area (Å²) in [6.07, 6.45) is 1.96. The summed E-state index contributed by atoms with van der Waals surface area (Å²) in [4.78, 5) is 24.0. The maximum absolute atomic E-state index is 13.1. The second kappa shape index (κ2) is 6.12. The molecule has 1 aliphatic rings. The van der Waals surface area contributed by atoms with E-state index in [9.17, 15) is 14.0 Å². The Bertz CT molecular complexity index is 835. The Morgan fingerprint density at radius 2 is 2.22 bits per heavy atom. The monoisotopic (exact) mass is 335 g/mol. The number of benzene rings is 1. The Labute approximate surface area is 137 Å². The maximum atomic E-state index is 13.1. The Kier molecular flexibility index (Phi) is 4.17. The van der Waals surface area contributed by atoms with Crippen LogP contribution in [-0.2, 0) is 19.9 Å². The fraction of sp³-hybridized carbons (Fsp3) is 0.312. The van der Waals surface area contributed by atoms with Crippen molar-refractivity contribution in [2.24, 2.45) is 7.05 Å². The molecular weight excluding hydrogens is 321 g/mol. The second-order valence-corrected chi connectivity index (χ2v) is 6.02. The lowest BCUT2D eigenvalue weighted by atomic mass is 9.92. The molecule has 1 N–H and O–H groups in total. The van der Waals surface area contributed by atoms with Crippen LogP contribution in [0.5, 0.6) is 0 Å². The van der Waals surface area contributed by atoms with Crippen LogP contribution in [0.4, 0.5) is 4.39 Å². The number of nitrogens with one attached hydrogen (secondary N) is 1. The average Bonchev–Trinajstić information content (AvgIpc) is 2.48. The van der Waals surface area contributed by atoms with Crippen molar-refractivity contribution in [2.75, 3.05) is 0 Å². The van der Waals surface area contributed by atoms with Crippen molar-refractivity contribution >= 4 is 17.5 Å². The van der Waals surface area contributed by atoms with Gasteiger partial charge in [-0.25, -0.2) is 9.07 Å². The van der Waals surface area contributed by atoms with Gasteiger partial charge in [-0.3, -0.25) is 9.59 Å². The van der Waals surface area contributed by atoms with Crippen molar-refractivity contribution in [2.45, 2.75) is 25.3 Å². The average molecular weight is 336 g/mol. The van der Waals surface area contributed by atoms with E-state index in [0.29, 0.717) is 12.8 Å². The first-order valence-corrected chi connectivity index (χ1v) is 7.64. The zero-order chi connectivity index (χ0) is 16.6. The minimum Gasteiger partial charge on any atom is -0.349 e. The van der Waals surface area contributed by atoms with E-state index in [2.05, 4.69) is 10.4 Å². The highest BCUT2D eigenvalue weighted by Gasteiger charge is 2.23. The fourth-order valence-electron chi connectivity index (χ4n) is 2.75. The van der Waals surface area contributed by atoms with Crippen molar-refractivity contribution in [3.8, 4) is 0 Å². The molecule has 0 radical (unpaired) electrons. The zero-order valence-electron chi connectivity index (χ0n) is 12.5. The van der Waals surface area contributed by atoms with Gasteiger partial charge in [0.1, 0.15) is 5.82 Å². The largest absolute Gasteiger partial charge is 0.349 e. The highest BCUT2D eigenvalue weighted by Crippen LogP contribution is 2.20. The first-order chi connectivity index (χ1) is 10.9. The van der Waals surface area contributed by atoms with E-state index < -0.39 is 5.82 Å². The Hall–Kier alpha value is -2.21. The van der Waals surface area contributed by atoms with Gasteiger partial charge >= 0.3 is 0 Å². The molecule has 23 heavy (non-hydrogen) atoms. The lowest BCUT2D eigenvalue weighted by molar-refractivity contribution is 0.0933. The van der Waals surface area contributed by atoms with Gasteiger partial charge in [0.25, 0.3) is 11.5 Å². The van der Waals surface area contributed by atoms with E-state index in [1.54, 1.807) is 13.1 Å². The minimum absolute atomic E-state index is 0.0780. The third-order valence-corrected chi connectivity index (χ3v) is 4.28. The summed E-state index contributed by atoms with van der Waals surface area (Å²) in [5, 5.41) is 7.20. The van der Waals surface area contributed by atoms with Crippen molar-refractivity contribution < 1.29 is 9.18 Å². The molecule has 5 nitrogen and oxygen atoms in total. The van der Waals surface area contributed by atoms with Crippen LogP contribution in [0.3, 0.4) is 0 Å². The molecule has 0 saturated carbocycles. The van der Waals surface area contributed by atoms with Crippen LogP contribution in [0.1, 0.15) is 28.0 Å². The van der Waals surface area contributed by atoms with Crippen LogP contribution in [-0.4, -0.2) is 21.7 Å². The minimum atomic E-state index is -0.486. The molecule has 1 aliphatic carbocycles. The summed E-state index contributed by atoms with van der Waals surface area (Å²) in [7, 11) is 1.62. The van der Waals surface area contributed by atoms with Crippen molar-refractivity contribution in [1.82, 2.24) is 15.1 Å². The number of amides is 1. The molecule has 0 aliphatic heterocycles. The number of halogens is 2. The summed E-state index contributed by atoms with van der Waals surface area (Å²) in [6, 6.07) is 5.13. The molecule has 1 heterocycles. The Morgan fingerprint density at radius 1 is 1.43 bits per heavy atom. The number of aryl methyl sites for hydroxylation is 2. The first-order valence-electron chi connectivity index (χ1n) is 7.26. The molecule has 7 heteroatoms. The smallest absolute Gasteiger partial charge is 0.266 e. The molecule has 120 valence electrons. The van der Waals surface area contributed by atoms with Crippen molar-refractivity contribution in [3.63, 3.8) is 0 Å². The van der Waals surface area contributed by atoms with Crippen LogP contribution in [0.2, 0.25) is 5.02 Å². The molecule has 0 spiro atoms. The van der Waals surface area contributed by atoms with Gasteiger partial charge in [-0.1, -0.05) is 11.6 Å². The van der Waals surface area contributed by atoms with Gasteiger partial charge in [0, 0.05) is 19.2 Å². The van der Waals surface area contributed by atoms with E-state index in [-0.39, 0.29) is 28.1 Å². The normalized spacial score (nSPS) is 16.7. The van der Waals surface area contributed by atoms with E-state index in [0.717, 1.165) is 23.7 Å². The number of carbonyl (C=O) groups is 1. The molecule has 1 amide bonds. The van der Waals surface area contributed by atoms with Crippen LogP contribution in [0.25, 0.3) is 0 Å². The number of fused-ring (bicyclic) bond motifs is 1. The standard InChI is InChI=1S/C16H15ClFN3O2/c1-21-15(22)7-9-6-11(3-5-14(9)20-21)19-16(23)12-4-2-10(18)8-13(12)17/h2,4,7-8,11H,3,5-6H2,1H3,(H,19,23). The van der Waals surface area contributed by atoms with Gasteiger partial charge in [-0.15, -0.1) is 0 Å². The molecule has 3 rings (SSSR count). The quantitative estimate of drug-likeness (QED) is 0.911. The molecule has 1 atom stereocenters. The Balaban J connectivity index is 1.75. The maximum Gasteiger partial charge on any atom is 0.266 e. The van der Waals surface area contributed by atoms with Gasteiger partial charge in [-0.05, 0) is 43.0 Å². The van der Waals surface area contributed by atoms with Crippen LogP contribution < -0.4 is 10.9 Å². The highest BCUT2D eigenvalue weighted by atomic mass is 35.5. The number of nitrogens with zero attached hydrogens (tertiary/aromatic N) is 2. The molecule has 1 aromatic carbocycles. The van der Waals surface area contributed by atoms with Crippen LogP contribution in [0.15, 0.2) is 29.1 Å². The predicted molar refractivity (Wildman–Crippen MR) is 84.2 cm³/mol. The Morgan fingerprint density at radius 3 is 2.96 bits per heavy atom. The van der Waals surface area contributed by atoms with E-state index in [1.807, 2.05) is 0 Å². The third kappa shape index (κ3) is 3.27. The van der Waals surface area contributed by atoms with Gasteiger partial charge < -0.3 is 5.32 Å². The first kappa shape index (κ1) is 15.7. The highest BCUT2D eigenvalue weighted by molar-refractivity contribution is 6.33. The van der Waals surface area contributed by atoms with Crippen molar-refractivity contribution in [3.05, 3.63) is 62.3 Å². The number of hydrogen-bond acceptors (Lipinski definition) is 3. The molecule has 1 aromatic heterocycles. The van der Waals surface area contributed by atoms with Gasteiger partial charge in [0.2, 0.25) is 0 Å². The number of aromatic nitrogens is 2. The summed E-state index contributed by atoms with van der Waals surface area (Å²) in [6.45, 7) is 0. The summed E-state index contributed by atoms with van der Waals surface area (Å²) in [5.41, 5.74) is 1.81. The number of rotatable bonds is 2. The SMILES string of the molecule is Cn1nc2c(cc1=O)CC(NC(=O)c1ccc(F)cc1Cl)CC2. The van der Waals surface area contributed by atoms with Gasteiger partial charge in [0.15, 0.2) is 0 Å². The third-order valence-electron chi connectivity index (χ3n) is 3.96. The van der Waals surface area contributed by atoms with Crippen LogP contribution in [0, 0.1) is 5.82 Å².